The number of aromatic nitrogens is 2. The van der Waals surface area contributed by atoms with Crippen LogP contribution in [0.5, 0.6) is 0 Å². The Kier molecular flexibility index (Phi) is 4.21. The fourth-order valence-corrected chi connectivity index (χ4v) is 2.62. The minimum atomic E-state index is 0.643. The maximum atomic E-state index is 4.23. The molecule has 0 aromatic carbocycles. The van der Waals surface area contributed by atoms with Gasteiger partial charge < -0.3 is 9.88 Å². The van der Waals surface area contributed by atoms with E-state index in [9.17, 15) is 0 Å². The summed E-state index contributed by atoms with van der Waals surface area (Å²) < 4.78 is 2.26. The van der Waals surface area contributed by atoms with E-state index in [1.165, 1.54) is 44.3 Å². The van der Waals surface area contributed by atoms with E-state index < -0.39 is 0 Å². The van der Waals surface area contributed by atoms with Crippen LogP contribution in [0.25, 0.3) is 0 Å². The Morgan fingerprint density at radius 2 is 2.18 bits per heavy atom. The Hall–Kier alpha value is -0.830. The molecule has 1 fully saturated rings. The molecule has 1 N–H and O–H groups in total. The van der Waals surface area contributed by atoms with Crippen molar-refractivity contribution in [3.63, 3.8) is 0 Å². The number of hydrogen-bond donors (Lipinski definition) is 1. The Morgan fingerprint density at radius 1 is 1.35 bits per heavy atom. The highest BCUT2D eigenvalue weighted by atomic mass is 15.1. The summed E-state index contributed by atoms with van der Waals surface area (Å²) in [5, 5.41) is 3.61. The quantitative estimate of drug-likeness (QED) is 0.750. The molecule has 0 atom stereocenters. The zero-order valence-electron chi connectivity index (χ0n) is 11.2. The van der Waals surface area contributed by atoms with Gasteiger partial charge in [0.2, 0.25) is 0 Å². The first-order valence-corrected chi connectivity index (χ1v) is 6.99. The monoisotopic (exact) mass is 235 g/mol. The van der Waals surface area contributed by atoms with Crippen LogP contribution in [-0.2, 0) is 13.1 Å². The van der Waals surface area contributed by atoms with Gasteiger partial charge in [-0.1, -0.05) is 20.3 Å². The van der Waals surface area contributed by atoms with Gasteiger partial charge in [0.25, 0.3) is 0 Å². The number of nitrogens with one attached hydrogen (secondary N) is 1. The van der Waals surface area contributed by atoms with E-state index in [1.54, 1.807) is 0 Å². The number of aryl methyl sites for hydroxylation is 1. The van der Waals surface area contributed by atoms with Crippen LogP contribution in [0.15, 0.2) is 12.5 Å². The zero-order valence-corrected chi connectivity index (χ0v) is 11.2. The van der Waals surface area contributed by atoms with E-state index in [2.05, 4.69) is 28.7 Å². The molecule has 1 aliphatic carbocycles. The van der Waals surface area contributed by atoms with Gasteiger partial charge in [0.15, 0.2) is 0 Å². The third-order valence-electron chi connectivity index (χ3n) is 3.81. The van der Waals surface area contributed by atoms with Crippen LogP contribution in [0.2, 0.25) is 0 Å². The SMILES string of the molecule is CCCn1cncc1CNCC1(CCC)CC1. The Labute approximate surface area is 105 Å². The summed E-state index contributed by atoms with van der Waals surface area (Å²) in [5.74, 6) is 0. The second-order valence-electron chi connectivity index (χ2n) is 5.43. The van der Waals surface area contributed by atoms with Crippen LogP contribution in [-0.4, -0.2) is 16.1 Å². The van der Waals surface area contributed by atoms with Gasteiger partial charge in [-0.2, -0.15) is 0 Å². The number of imidazole rings is 1. The molecule has 0 unspecified atom stereocenters. The van der Waals surface area contributed by atoms with E-state index in [0.29, 0.717) is 5.41 Å². The van der Waals surface area contributed by atoms with E-state index >= 15 is 0 Å². The van der Waals surface area contributed by atoms with Gasteiger partial charge in [0, 0.05) is 25.8 Å². The highest BCUT2D eigenvalue weighted by molar-refractivity contribution is 5.00. The van der Waals surface area contributed by atoms with Gasteiger partial charge in [-0.25, -0.2) is 4.98 Å². The molecule has 3 nitrogen and oxygen atoms in total. The topological polar surface area (TPSA) is 29.9 Å². The van der Waals surface area contributed by atoms with Crippen LogP contribution in [0.3, 0.4) is 0 Å². The Morgan fingerprint density at radius 3 is 2.82 bits per heavy atom. The maximum absolute atomic E-state index is 4.23. The van der Waals surface area contributed by atoms with Crippen molar-refractivity contribution in [2.24, 2.45) is 5.41 Å². The molecule has 0 saturated heterocycles. The van der Waals surface area contributed by atoms with Gasteiger partial charge in [-0.15, -0.1) is 0 Å². The van der Waals surface area contributed by atoms with Gasteiger partial charge >= 0.3 is 0 Å². The Bertz CT molecular complexity index is 339. The molecule has 0 spiro atoms. The van der Waals surface area contributed by atoms with Crippen molar-refractivity contribution in [3.8, 4) is 0 Å². The van der Waals surface area contributed by atoms with Crippen molar-refractivity contribution in [1.82, 2.24) is 14.9 Å². The standard InChI is InChI=1S/C14H25N3/c1-3-5-14(6-7-14)11-15-9-13-10-16-12-17(13)8-4-2/h10,12,15H,3-9,11H2,1-2H3. The first kappa shape index (κ1) is 12.6. The number of hydrogen-bond acceptors (Lipinski definition) is 2. The van der Waals surface area contributed by atoms with Crippen molar-refractivity contribution in [3.05, 3.63) is 18.2 Å². The summed E-state index contributed by atoms with van der Waals surface area (Å²) in [7, 11) is 0. The minimum absolute atomic E-state index is 0.643. The summed E-state index contributed by atoms with van der Waals surface area (Å²) >= 11 is 0. The van der Waals surface area contributed by atoms with E-state index in [-0.39, 0.29) is 0 Å². The van der Waals surface area contributed by atoms with Gasteiger partial charge in [0.1, 0.15) is 0 Å². The van der Waals surface area contributed by atoms with Crippen LogP contribution in [0.1, 0.15) is 51.6 Å². The number of nitrogens with zero attached hydrogens (tertiary/aromatic N) is 2. The average Bonchev–Trinajstić information content (AvgIpc) is 2.93. The van der Waals surface area contributed by atoms with Crippen LogP contribution in [0, 0.1) is 5.41 Å². The molecular formula is C14H25N3. The number of rotatable bonds is 8. The van der Waals surface area contributed by atoms with E-state index in [1.807, 2.05) is 12.5 Å². The lowest BCUT2D eigenvalue weighted by molar-refractivity contribution is 0.416. The zero-order chi connectivity index (χ0) is 12.1. The normalized spacial score (nSPS) is 17.3. The molecule has 1 saturated carbocycles. The third-order valence-corrected chi connectivity index (χ3v) is 3.81. The fourth-order valence-electron chi connectivity index (χ4n) is 2.62. The highest BCUT2D eigenvalue weighted by Crippen LogP contribution is 2.48. The summed E-state index contributed by atoms with van der Waals surface area (Å²) in [6.07, 6.45) is 10.6. The predicted octanol–water partition coefficient (Wildman–Crippen LogP) is 2.96. The lowest BCUT2D eigenvalue weighted by Crippen LogP contribution is -2.24. The summed E-state index contributed by atoms with van der Waals surface area (Å²) in [5.41, 5.74) is 1.96. The van der Waals surface area contributed by atoms with E-state index in [4.69, 9.17) is 0 Å². The lowest BCUT2D eigenvalue weighted by atomic mass is 10.0. The van der Waals surface area contributed by atoms with Crippen molar-refractivity contribution in [1.29, 1.82) is 0 Å². The molecule has 0 bridgehead atoms. The largest absolute Gasteiger partial charge is 0.333 e. The van der Waals surface area contributed by atoms with Gasteiger partial charge in [0.05, 0.1) is 12.0 Å². The predicted molar refractivity (Wildman–Crippen MR) is 70.8 cm³/mol. The molecule has 0 aliphatic heterocycles. The molecule has 0 amide bonds. The fraction of sp³-hybridized carbons (Fsp3) is 0.786. The first-order chi connectivity index (χ1) is 8.29. The molecule has 3 heteroatoms. The molecule has 17 heavy (non-hydrogen) atoms. The molecule has 1 aliphatic rings. The summed E-state index contributed by atoms with van der Waals surface area (Å²) in [6.45, 7) is 7.72. The average molecular weight is 235 g/mol. The molecule has 1 heterocycles. The lowest BCUT2D eigenvalue weighted by Gasteiger charge is -2.15. The first-order valence-electron chi connectivity index (χ1n) is 6.99. The van der Waals surface area contributed by atoms with Gasteiger partial charge in [-0.05, 0) is 31.1 Å². The van der Waals surface area contributed by atoms with Crippen molar-refractivity contribution >= 4 is 0 Å². The van der Waals surface area contributed by atoms with Crippen molar-refractivity contribution < 1.29 is 0 Å². The third kappa shape index (κ3) is 3.32. The smallest absolute Gasteiger partial charge is 0.0948 e. The van der Waals surface area contributed by atoms with Crippen LogP contribution >= 0.6 is 0 Å². The van der Waals surface area contributed by atoms with Crippen LogP contribution in [0.4, 0.5) is 0 Å². The second kappa shape index (κ2) is 5.67. The highest BCUT2D eigenvalue weighted by Gasteiger charge is 2.40. The summed E-state index contributed by atoms with van der Waals surface area (Å²) in [6, 6.07) is 0. The van der Waals surface area contributed by atoms with Crippen molar-refractivity contribution in [2.45, 2.75) is 59.0 Å². The van der Waals surface area contributed by atoms with Gasteiger partial charge in [-0.3, -0.25) is 0 Å². The molecule has 0 radical (unpaired) electrons. The summed E-state index contributed by atoms with van der Waals surface area (Å²) in [4.78, 5) is 4.23. The Balaban J connectivity index is 1.76. The second-order valence-corrected chi connectivity index (χ2v) is 5.43. The molecule has 2 rings (SSSR count). The molecular weight excluding hydrogens is 210 g/mol. The maximum Gasteiger partial charge on any atom is 0.0948 e. The molecule has 1 aromatic heterocycles. The molecule has 96 valence electrons. The van der Waals surface area contributed by atoms with Crippen molar-refractivity contribution in [2.75, 3.05) is 6.54 Å². The van der Waals surface area contributed by atoms with E-state index in [0.717, 1.165) is 13.1 Å². The molecule has 1 aromatic rings. The van der Waals surface area contributed by atoms with Crippen LogP contribution < -0.4 is 5.32 Å². The minimum Gasteiger partial charge on any atom is -0.333 e.